The SMILES string of the molecule is O=C(Nc1cc(Cl)ccc1N1CCN(C(=O)/C=C/c2ccccc2)CC1)c1cccnc1Cl. The minimum absolute atomic E-state index is 0.0191. The molecule has 0 aliphatic carbocycles. The summed E-state index contributed by atoms with van der Waals surface area (Å²) in [4.78, 5) is 33.2. The van der Waals surface area contributed by atoms with Gasteiger partial charge in [-0.2, -0.15) is 0 Å². The first kappa shape index (κ1) is 22.8. The standard InChI is InChI=1S/C25H22Cl2N4O2/c26-19-9-10-22(21(17-19)29-25(33)20-7-4-12-28-24(20)27)30-13-15-31(16-14-30)23(32)11-8-18-5-2-1-3-6-18/h1-12,17H,13-16H2,(H,29,33)/b11-8+. The van der Waals surface area contributed by atoms with Crippen LogP contribution in [0.3, 0.4) is 0 Å². The zero-order valence-electron chi connectivity index (χ0n) is 17.7. The fourth-order valence-corrected chi connectivity index (χ4v) is 4.01. The van der Waals surface area contributed by atoms with Crippen LogP contribution in [0.25, 0.3) is 6.08 Å². The first-order chi connectivity index (χ1) is 16.0. The molecule has 2 aromatic carbocycles. The van der Waals surface area contributed by atoms with Crippen molar-refractivity contribution >= 4 is 52.5 Å². The lowest BCUT2D eigenvalue weighted by Crippen LogP contribution is -2.48. The summed E-state index contributed by atoms with van der Waals surface area (Å²) in [6.07, 6.45) is 4.96. The molecule has 4 rings (SSSR count). The second kappa shape index (κ2) is 10.5. The molecule has 1 saturated heterocycles. The molecule has 2 amide bonds. The quantitative estimate of drug-likeness (QED) is 0.412. The van der Waals surface area contributed by atoms with Crippen molar-refractivity contribution in [2.75, 3.05) is 36.4 Å². The third-order valence-electron chi connectivity index (χ3n) is 5.36. The number of piperazine rings is 1. The highest BCUT2D eigenvalue weighted by Crippen LogP contribution is 2.31. The maximum atomic E-state index is 12.8. The number of rotatable bonds is 5. The van der Waals surface area contributed by atoms with E-state index in [1.165, 1.54) is 6.20 Å². The first-order valence-electron chi connectivity index (χ1n) is 10.5. The molecule has 1 aliphatic rings. The molecule has 1 fully saturated rings. The van der Waals surface area contributed by atoms with Crippen molar-refractivity contribution in [3.63, 3.8) is 0 Å². The number of hydrogen-bond acceptors (Lipinski definition) is 4. The van der Waals surface area contributed by atoms with E-state index < -0.39 is 0 Å². The summed E-state index contributed by atoms with van der Waals surface area (Å²) in [6, 6.07) is 18.4. The van der Waals surface area contributed by atoms with E-state index in [1.807, 2.05) is 47.4 Å². The van der Waals surface area contributed by atoms with Crippen molar-refractivity contribution in [2.24, 2.45) is 0 Å². The van der Waals surface area contributed by atoms with Crippen molar-refractivity contribution in [1.82, 2.24) is 9.88 Å². The normalized spacial score (nSPS) is 13.9. The number of halogens is 2. The van der Waals surface area contributed by atoms with Gasteiger partial charge in [-0.25, -0.2) is 4.98 Å². The highest BCUT2D eigenvalue weighted by Gasteiger charge is 2.23. The fourth-order valence-electron chi connectivity index (χ4n) is 3.63. The molecule has 1 aromatic heterocycles. The average molecular weight is 481 g/mol. The van der Waals surface area contributed by atoms with Crippen LogP contribution >= 0.6 is 23.2 Å². The molecule has 0 unspecified atom stereocenters. The fraction of sp³-hybridized carbons (Fsp3) is 0.160. The van der Waals surface area contributed by atoms with E-state index in [1.54, 1.807) is 30.3 Å². The molecule has 1 aliphatic heterocycles. The van der Waals surface area contributed by atoms with Crippen LogP contribution in [-0.4, -0.2) is 47.9 Å². The molecule has 3 aromatic rings. The Kier molecular flexibility index (Phi) is 7.27. The number of pyridine rings is 1. The summed E-state index contributed by atoms with van der Waals surface area (Å²) >= 11 is 12.3. The summed E-state index contributed by atoms with van der Waals surface area (Å²) in [6.45, 7) is 2.40. The Bertz CT molecular complexity index is 1180. The number of nitrogens with zero attached hydrogens (tertiary/aromatic N) is 3. The van der Waals surface area contributed by atoms with Crippen molar-refractivity contribution in [2.45, 2.75) is 0 Å². The van der Waals surface area contributed by atoms with Gasteiger partial charge < -0.3 is 15.1 Å². The van der Waals surface area contributed by atoms with Gasteiger partial charge >= 0.3 is 0 Å². The van der Waals surface area contributed by atoms with Crippen LogP contribution in [0.15, 0.2) is 72.9 Å². The molecular weight excluding hydrogens is 459 g/mol. The number of hydrogen-bond donors (Lipinski definition) is 1. The number of carbonyl (C=O) groups excluding carboxylic acids is 2. The predicted octanol–water partition coefficient (Wildman–Crippen LogP) is 5.00. The highest BCUT2D eigenvalue weighted by molar-refractivity contribution is 6.33. The monoisotopic (exact) mass is 480 g/mol. The van der Waals surface area contributed by atoms with Gasteiger partial charge in [0.2, 0.25) is 5.91 Å². The average Bonchev–Trinajstić information content (AvgIpc) is 2.84. The molecule has 0 saturated carbocycles. The number of benzene rings is 2. The Labute approximate surface area is 202 Å². The molecule has 0 spiro atoms. The van der Waals surface area contributed by atoms with Crippen LogP contribution in [0.2, 0.25) is 10.2 Å². The maximum absolute atomic E-state index is 12.8. The van der Waals surface area contributed by atoms with Gasteiger partial charge in [-0.05, 0) is 42.0 Å². The minimum Gasteiger partial charge on any atom is -0.366 e. The summed E-state index contributed by atoms with van der Waals surface area (Å²) in [5.41, 5.74) is 2.68. The Morgan fingerprint density at radius 2 is 1.70 bits per heavy atom. The molecule has 33 heavy (non-hydrogen) atoms. The molecule has 168 valence electrons. The molecule has 0 atom stereocenters. The van der Waals surface area contributed by atoms with Crippen molar-refractivity contribution in [3.8, 4) is 0 Å². The lowest BCUT2D eigenvalue weighted by Gasteiger charge is -2.36. The predicted molar refractivity (Wildman–Crippen MR) is 133 cm³/mol. The topological polar surface area (TPSA) is 65.5 Å². The second-order valence-electron chi connectivity index (χ2n) is 7.51. The summed E-state index contributed by atoms with van der Waals surface area (Å²) < 4.78 is 0. The van der Waals surface area contributed by atoms with Gasteiger partial charge in [0.25, 0.3) is 5.91 Å². The van der Waals surface area contributed by atoms with E-state index in [0.29, 0.717) is 36.9 Å². The Morgan fingerprint density at radius 1 is 0.939 bits per heavy atom. The van der Waals surface area contributed by atoms with Crippen LogP contribution < -0.4 is 10.2 Å². The van der Waals surface area contributed by atoms with Crippen LogP contribution in [0.5, 0.6) is 0 Å². The van der Waals surface area contributed by atoms with Crippen LogP contribution in [0.1, 0.15) is 15.9 Å². The first-order valence-corrected chi connectivity index (χ1v) is 11.3. The van der Waals surface area contributed by atoms with Gasteiger partial charge in [0, 0.05) is 43.5 Å². The van der Waals surface area contributed by atoms with Gasteiger partial charge in [-0.1, -0.05) is 53.5 Å². The van der Waals surface area contributed by atoms with E-state index in [0.717, 1.165) is 11.3 Å². The van der Waals surface area contributed by atoms with E-state index in [-0.39, 0.29) is 22.5 Å². The lowest BCUT2D eigenvalue weighted by atomic mass is 10.2. The number of aromatic nitrogens is 1. The van der Waals surface area contributed by atoms with Gasteiger partial charge in [-0.3, -0.25) is 9.59 Å². The molecule has 6 nitrogen and oxygen atoms in total. The van der Waals surface area contributed by atoms with E-state index in [9.17, 15) is 9.59 Å². The lowest BCUT2D eigenvalue weighted by molar-refractivity contribution is -0.126. The Hall–Kier alpha value is -3.35. The molecule has 2 heterocycles. The number of carbonyl (C=O) groups is 2. The minimum atomic E-state index is -0.364. The second-order valence-corrected chi connectivity index (χ2v) is 8.31. The van der Waals surface area contributed by atoms with Crippen LogP contribution in [0, 0.1) is 0 Å². The Morgan fingerprint density at radius 3 is 2.42 bits per heavy atom. The third-order valence-corrected chi connectivity index (χ3v) is 5.90. The third kappa shape index (κ3) is 5.72. The van der Waals surface area contributed by atoms with Gasteiger partial charge in [0.05, 0.1) is 16.9 Å². The van der Waals surface area contributed by atoms with Gasteiger partial charge in [0.1, 0.15) is 5.15 Å². The van der Waals surface area contributed by atoms with E-state index in [4.69, 9.17) is 23.2 Å². The maximum Gasteiger partial charge on any atom is 0.258 e. The summed E-state index contributed by atoms with van der Waals surface area (Å²) in [5, 5.41) is 3.54. The molecular formula is C25H22Cl2N4O2. The highest BCUT2D eigenvalue weighted by atomic mass is 35.5. The molecule has 0 bridgehead atoms. The number of amides is 2. The largest absolute Gasteiger partial charge is 0.366 e. The summed E-state index contributed by atoms with van der Waals surface area (Å²) in [5.74, 6) is -0.383. The van der Waals surface area contributed by atoms with Crippen molar-refractivity contribution in [3.05, 3.63) is 94.2 Å². The number of anilines is 2. The van der Waals surface area contributed by atoms with Gasteiger partial charge in [-0.15, -0.1) is 0 Å². The zero-order valence-corrected chi connectivity index (χ0v) is 19.3. The summed E-state index contributed by atoms with van der Waals surface area (Å²) in [7, 11) is 0. The van der Waals surface area contributed by atoms with Crippen molar-refractivity contribution < 1.29 is 9.59 Å². The van der Waals surface area contributed by atoms with Crippen LogP contribution in [-0.2, 0) is 4.79 Å². The number of nitrogens with one attached hydrogen (secondary N) is 1. The van der Waals surface area contributed by atoms with E-state index in [2.05, 4.69) is 15.2 Å². The van der Waals surface area contributed by atoms with E-state index >= 15 is 0 Å². The smallest absolute Gasteiger partial charge is 0.258 e. The molecule has 0 radical (unpaired) electrons. The molecule has 8 heteroatoms. The zero-order chi connectivity index (χ0) is 23.2. The Balaban J connectivity index is 1.43. The van der Waals surface area contributed by atoms with Gasteiger partial charge in [0.15, 0.2) is 0 Å². The van der Waals surface area contributed by atoms with Crippen LogP contribution in [0.4, 0.5) is 11.4 Å². The van der Waals surface area contributed by atoms with Crippen molar-refractivity contribution in [1.29, 1.82) is 0 Å². The molecule has 1 N–H and O–H groups in total.